The monoisotopic (exact) mass is 235 g/mol. The molecule has 1 aromatic heterocycles. The minimum Gasteiger partial charge on any atom is -0.384 e. The standard InChI is InChI=1S/C13H21N3O/c1-2-17-12-4-7-16(8-5-12)10-11-3-6-15-13(14)9-11/h3,6,9,12H,2,4-5,7-8,10H2,1H3,(H2,14,15). The Labute approximate surface area is 103 Å². The number of hydrogen-bond donors (Lipinski definition) is 1. The molecule has 0 amide bonds. The first kappa shape index (κ1) is 12.3. The molecule has 4 heteroatoms. The van der Waals surface area contributed by atoms with Crippen molar-refractivity contribution in [1.29, 1.82) is 0 Å². The molecule has 0 atom stereocenters. The number of piperidine rings is 1. The fourth-order valence-corrected chi connectivity index (χ4v) is 2.32. The summed E-state index contributed by atoms with van der Waals surface area (Å²) in [6.45, 7) is 6.06. The number of anilines is 1. The Morgan fingerprint density at radius 1 is 1.47 bits per heavy atom. The number of aromatic nitrogens is 1. The van der Waals surface area contributed by atoms with Crippen molar-refractivity contribution in [3.8, 4) is 0 Å². The lowest BCUT2D eigenvalue weighted by atomic mass is 10.1. The zero-order valence-corrected chi connectivity index (χ0v) is 10.4. The minimum atomic E-state index is 0.457. The molecule has 1 fully saturated rings. The van der Waals surface area contributed by atoms with Crippen LogP contribution in [0, 0.1) is 0 Å². The summed E-state index contributed by atoms with van der Waals surface area (Å²) in [6, 6.07) is 3.99. The van der Waals surface area contributed by atoms with Gasteiger partial charge in [0.05, 0.1) is 6.10 Å². The van der Waals surface area contributed by atoms with Gasteiger partial charge in [0.15, 0.2) is 0 Å². The van der Waals surface area contributed by atoms with E-state index in [0.717, 1.165) is 39.1 Å². The predicted molar refractivity (Wildman–Crippen MR) is 68.6 cm³/mol. The Bertz CT molecular complexity index is 348. The van der Waals surface area contributed by atoms with E-state index in [-0.39, 0.29) is 0 Å². The highest BCUT2D eigenvalue weighted by atomic mass is 16.5. The maximum atomic E-state index is 5.68. The molecule has 2 rings (SSSR count). The maximum absolute atomic E-state index is 5.68. The van der Waals surface area contributed by atoms with Gasteiger partial charge in [-0.2, -0.15) is 0 Å². The van der Waals surface area contributed by atoms with Crippen LogP contribution < -0.4 is 5.73 Å². The van der Waals surface area contributed by atoms with Gasteiger partial charge in [0.25, 0.3) is 0 Å². The topological polar surface area (TPSA) is 51.4 Å². The van der Waals surface area contributed by atoms with Crippen LogP contribution in [-0.2, 0) is 11.3 Å². The fraction of sp³-hybridized carbons (Fsp3) is 0.615. The molecule has 0 unspecified atom stereocenters. The van der Waals surface area contributed by atoms with Gasteiger partial charge in [0, 0.05) is 32.4 Å². The molecule has 2 heterocycles. The van der Waals surface area contributed by atoms with Crippen LogP contribution in [0.15, 0.2) is 18.3 Å². The van der Waals surface area contributed by atoms with Crippen LogP contribution >= 0.6 is 0 Å². The van der Waals surface area contributed by atoms with E-state index < -0.39 is 0 Å². The zero-order valence-electron chi connectivity index (χ0n) is 10.4. The van der Waals surface area contributed by atoms with Crippen molar-refractivity contribution >= 4 is 5.82 Å². The predicted octanol–water partition coefficient (Wildman–Crippen LogP) is 1.66. The first-order chi connectivity index (χ1) is 8.28. The van der Waals surface area contributed by atoms with E-state index in [1.165, 1.54) is 5.56 Å². The molecule has 17 heavy (non-hydrogen) atoms. The van der Waals surface area contributed by atoms with Crippen LogP contribution in [-0.4, -0.2) is 35.7 Å². The Morgan fingerprint density at radius 2 is 2.24 bits per heavy atom. The molecule has 0 bridgehead atoms. The highest BCUT2D eigenvalue weighted by Gasteiger charge is 2.19. The number of rotatable bonds is 4. The number of nitrogen functional groups attached to an aromatic ring is 1. The van der Waals surface area contributed by atoms with E-state index in [4.69, 9.17) is 10.5 Å². The molecule has 0 radical (unpaired) electrons. The Hall–Kier alpha value is -1.13. The lowest BCUT2D eigenvalue weighted by molar-refractivity contribution is 0.0125. The molecular formula is C13H21N3O. The van der Waals surface area contributed by atoms with Crippen LogP contribution in [0.5, 0.6) is 0 Å². The van der Waals surface area contributed by atoms with Gasteiger partial charge in [-0.05, 0) is 37.5 Å². The number of nitrogens with zero attached hydrogens (tertiary/aromatic N) is 2. The SMILES string of the molecule is CCOC1CCN(Cc2ccnc(N)c2)CC1. The van der Waals surface area contributed by atoms with Crippen molar-refractivity contribution in [3.05, 3.63) is 23.9 Å². The van der Waals surface area contributed by atoms with Crippen molar-refractivity contribution < 1.29 is 4.74 Å². The van der Waals surface area contributed by atoms with Crippen molar-refractivity contribution in [1.82, 2.24) is 9.88 Å². The fourth-order valence-electron chi connectivity index (χ4n) is 2.32. The Morgan fingerprint density at radius 3 is 2.88 bits per heavy atom. The second-order valence-corrected chi connectivity index (χ2v) is 4.52. The lowest BCUT2D eigenvalue weighted by Gasteiger charge is -2.31. The molecular weight excluding hydrogens is 214 g/mol. The number of likely N-dealkylation sites (tertiary alicyclic amines) is 1. The molecule has 1 saturated heterocycles. The second-order valence-electron chi connectivity index (χ2n) is 4.52. The third kappa shape index (κ3) is 3.68. The molecule has 1 aliphatic heterocycles. The highest BCUT2D eigenvalue weighted by Crippen LogP contribution is 2.16. The maximum Gasteiger partial charge on any atom is 0.123 e. The van der Waals surface area contributed by atoms with Gasteiger partial charge in [-0.1, -0.05) is 0 Å². The van der Waals surface area contributed by atoms with Gasteiger partial charge >= 0.3 is 0 Å². The molecule has 0 spiro atoms. The van der Waals surface area contributed by atoms with Crippen LogP contribution in [0.2, 0.25) is 0 Å². The van der Waals surface area contributed by atoms with E-state index >= 15 is 0 Å². The average Bonchev–Trinajstić information content (AvgIpc) is 2.32. The summed E-state index contributed by atoms with van der Waals surface area (Å²) < 4.78 is 5.64. The van der Waals surface area contributed by atoms with E-state index in [1.807, 2.05) is 12.1 Å². The summed E-state index contributed by atoms with van der Waals surface area (Å²) in [4.78, 5) is 6.46. The Kier molecular flexibility index (Phi) is 4.34. The summed E-state index contributed by atoms with van der Waals surface area (Å²) in [7, 11) is 0. The van der Waals surface area contributed by atoms with Gasteiger partial charge in [0.2, 0.25) is 0 Å². The molecule has 0 saturated carbocycles. The van der Waals surface area contributed by atoms with E-state index in [2.05, 4.69) is 16.8 Å². The van der Waals surface area contributed by atoms with Crippen LogP contribution in [0.4, 0.5) is 5.82 Å². The van der Waals surface area contributed by atoms with Crippen LogP contribution in [0.25, 0.3) is 0 Å². The summed E-state index contributed by atoms with van der Waals surface area (Å²) >= 11 is 0. The lowest BCUT2D eigenvalue weighted by Crippen LogP contribution is -2.36. The van der Waals surface area contributed by atoms with E-state index in [9.17, 15) is 0 Å². The number of pyridine rings is 1. The highest BCUT2D eigenvalue weighted by molar-refractivity contribution is 5.31. The molecule has 0 aromatic carbocycles. The smallest absolute Gasteiger partial charge is 0.123 e. The molecule has 2 N–H and O–H groups in total. The molecule has 94 valence electrons. The van der Waals surface area contributed by atoms with Gasteiger partial charge in [-0.3, -0.25) is 4.90 Å². The molecule has 0 aliphatic carbocycles. The second kappa shape index (κ2) is 5.98. The van der Waals surface area contributed by atoms with Gasteiger partial charge in [-0.25, -0.2) is 4.98 Å². The molecule has 1 aromatic rings. The molecule has 4 nitrogen and oxygen atoms in total. The number of hydrogen-bond acceptors (Lipinski definition) is 4. The largest absolute Gasteiger partial charge is 0.384 e. The summed E-state index contributed by atoms with van der Waals surface area (Å²) in [5.41, 5.74) is 6.92. The average molecular weight is 235 g/mol. The summed E-state index contributed by atoms with van der Waals surface area (Å²) in [6.07, 6.45) is 4.50. The van der Waals surface area contributed by atoms with Crippen molar-refractivity contribution in [3.63, 3.8) is 0 Å². The first-order valence-corrected chi connectivity index (χ1v) is 6.32. The van der Waals surface area contributed by atoms with Crippen molar-refractivity contribution in [2.24, 2.45) is 0 Å². The first-order valence-electron chi connectivity index (χ1n) is 6.32. The third-order valence-corrected chi connectivity index (χ3v) is 3.19. The van der Waals surface area contributed by atoms with Gasteiger partial charge in [-0.15, -0.1) is 0 Å². The normalized spacial score (nSPS) is 18.4. The molecule has 1 aliphatic rings. The van der Waals surface area contributed by atoms with E-state index in [0.29, 0.717) is 11.9 Å². The Balaban J connectivity index is 1.82. The number of nitrogens with two attached hydrogens (primary N) is 1. The summed E-state index contributed by atoms with van der Waals surface area (Å²) in [5.74, 6) is 0.603. The van der Waals surface area contributed by atoms with Crippen molar-refractivity contribution in [2.45, 2.75) is 32.4 Å². The number of ether oxygens (including phenoxy) is 1. The quantitative estimate of drug-likeness (QED) is 0.862. The summed E-state index contributed by atoms with van der Waals surface area (Å²) in [5, 5.41) is 0. The van der Waals surface area contributed by atoms with Crippen molar-refractivity contribution in [2.75, 3.05) is 25.4 Å². The zero-order chi connectivity index (χ0) is 12.1. The van der Waals surface area contributed by atoms with E-state index in [1.54, 1.807) is 6.20 Å². The minimum absolute atomic E-state index is 0.457. The van der Waals surface area contributed by atoms with Gasteiger partial charge in [0.1, 0.15) is 5.82 Å². The van der Waals surface area contributed by atoms with Crippen LogP contribution in [0.1, 0.15) is 25.3 Å². The van der Waals surface area contributed by atoms with Crippen LogP contribution in [0.3, 0.4) is 0 Å². The third-order valence-electron chi connectivity index (χ3n) is 3.19. The van der Waals surface area contributed by atoms with Gasteiger partial charge < -0.3 is 10.5 Å².